The van der Waals surface area contributed by atoms with E-state index in [1.165, 1.54) is 43.5 Å². The van der Waals surface area contributed by atoms with Crippen LogP contribution in [0.25, 0.3) is 0 Å². The summed E-state index contributed by atoms with van der Waals surface area (Å²) >= 11 is 0. The van der Waals surface area contributed by atoms with Crippen molar-refractivity contribution in [3.8, 4) is 5.75 Å². The van der Waals surface area contributed by atoms with Crippen molar-refractivity contribution in [2.75, 3.05) is 19.7 Å². The van der Waals surface area contributed by atoms with Crippen LogP contribution in [0.2, 0.25) is 0 Å². The van der Waals surface area contributed by atoms with Crippen LogP contribution >= 0.6 is 0 Å². The molecule has 0 amide bonds. The molecule has 4 rings (SSSR count). The first-order valence-corrected chi connectivity index (χ1v) is 7.62. The zero-order chi connectivity index (χ0) is 12.7. The first kappa shape index (κ1) is 11.7. The summed E-state index contributed by atoms with van der Waals surface area (Å²) in [6.45, 7) is 4.47. The Labute approximate surface area is 114 Å². The number of hydrogen-bond donors (Lipinski definition) is 1. The molecule has 2 fully saturated rings. The summed E-state index contributed by atoms with van der Waals surface area (Å²) in [5.41, 5.74) is 2.79. The highest BCUT2D eigenvalue weighted by Gasteiger charge is 2.36. The van der Waals surface area contributed by atoms with Gasteiger partial charge < -0.3 is 10.1 Å². The van der Waals surface area contributed by atoms with Gasteiger partial charge in [0.1, 0.15) is 5.75 Å². The van der Waals surface area contributed by atoms with Gasteiger partial charge in [0, 0.05) is 31.6 Å². The minimum atomic E-state index is 0.701. The molecule has 3 heteroatoms. The Morgan fingerprint density at radius 2 is 2.26 bits per heavy atom. The molecule has 0 aliphatic carbocycles. The largest absolute Gasteiger partial charge is 0.493 e. The third-order valence-electron chi connectivity index (χ3n) is 4.93. The predicted octanol–water partition coefficient (Wildman–Crippen LogP) is 1.95. The first-order chi connectivity index (χ1) is 9.40. The molecule has 2 saturated heterocycles. The second-order valence-corrected chi connectivity index (χ2v) is 6.06. The van der Waals surface area contributed by atoms with Crippen LogP contribution in [0.5, 0.6) is 5.75 Å². The Balaban J connectivity index is 1.39. The van der Waals surface area contributed by atoms with Crippen molar-refractivity contribution in [2.24, 2.45) is 0 Å². The molecular formula is C16H22N2O. The molecule has 0 radical (unpaired) electrons. The van der Waals surface area contributed by atoms with Gasteiger partial charge in [-0.1, -0.05) is 12.1 Å². The smallest absolute Gasteiger partial charge is 0.122 e. The minimum Gasteiger partial charge on any atom is -0.493 e. The van der Waals surface area contributed by atoms with Gasteiger partial charge in [0.2, 0.25) is 0 Å². The lowest BCUT2D eigenvalue weighted by Crippen LogP contribution is -2.38. The van der Waals surface area contributed by atoms with E-state index in [1.807, 2.05) is 0 Å². The number of hydrogen-bond acceptors (Lipinski definition) is 3. The van der Waals surface area contributed by atoms with Gasteiger partial charge in [-0.2, -0.15) is 0 Å². The van der Waals surface area contributed by atoms with Gasteiger partial charge in [0.05, 0.1) is 6.61 Å². The highest BCUT2D eigenvalue weighted by atomic mass is 16.5. The van der Waals surface area contributed by atoms with Gasteiger partial charge in [-0.3, -0.25) is 4.90 Å². The molecule has 3 aliphatic rings. The maximum Gasteiger partial charge on any atom is 0.122 e. The maximum atomic E-state index is 5.56. The van der Waals surface area contributed by atoms with Crippen molar-refractivity contribution in [3.63, 3.8) is 0 Å². The first-order valence-electron chi connectivity index (χ1n) is 7.62. The number of benzene rings is 1. The lowest BCUT2D eigenvalue weighted by molar-refractivity contribution is 0.298. The Morgan fingerprint density at radius 3 is 3.26 bits per heavy atom. The Bertz CT molecular complexity index is 474. The number of ether oxygens (including phenoxy) is 1. The summed E-state index contributed by atoms with van der Waals surface area (Å²) in [5.74, 6) is 1.09. The summed E-state index contributed by atoms with van der Waals surface area (Å²) in [5, 5.41) is 3.78. The van der Waals surface area contributed by atoms with E-state index in [-0.39, 0.29) is 0 Å². The molecule has 0 aromatic heterocycles. The summed E-state index contributed by atoms with van der Waals surface area (Å²) in [4.78, 5) is 2.66. The average molecular weight is 258 g/mol. The van der Waals surface area contributed by atoms with Crippen LogP contribution in [0, 0.1) is 0 Å². The summed E-state index contributed by atoms with van der Waals surface area (Å²) < 4.78 is 5.56. The molecule has 3 aliphatic heterocycles. The Morgan fingerprint density at radius 1 is 1.26 bits per heavy atom. The van der Waals surface area contributed by atoms with Gasteiger partial charge in [-0.25, -0.2) is 0 Å². The molecule has 3 heterocycles. The highest BCUT2D eigenvalue weighted by Crippen LogP contribution is 2.29. The second kappa shape index (κ2) is 4.80. The molecule has 2 unspecified atom stereocenters. The molecule has 0 spiro atoms. The fraction of sp³-hybridized carbons (Fsp3) is 0.625. The maximum absolute atomic E-state index is 5.56. The van der Waals surface area contributed by atoms with Crippen molar-refractivity contribution in [3.05, 3.63) is 29.3 Å². The summed E-state index contributed by atoms with van der Waals surface area (Å²) in [6.07, 6.45) is 5.16. The van der Waals surface area contributed by atoms with Crippen molar-refractivity contribution >= 4 is 0 Å². The highest BCUT2D eigenvalue weighted by molar-refractivity contribution is 5.39. The van der Waals surface area contributed by atoms with Gasteiger partial charge in [-0.15, -0.1) is 0 Å². The van der Waals surface area contributed by atoms with E-state index < -0.39 is 0 Å². The Kier molecular flexibility index (Phi) is 2.97. The topological polar surface area (TPSA) is 24.5 Å². The fourth-order valence-electron chi connectivity index (χ4n) is 3.92. The number of fused-ring (bicyclic) bond motifs is 2. The standard InChI is InChI=1S/C16H22N2O/c1-2-15-14(5-8-18(15)7-1)17-11-12-3-4-16-13(10-12)6-9-19-16/h3-4,10,14-15,17H,1-2,5-9,11H2. The summed E-state index contributed by atoms with van der Waals surface area (Å²) in [7, 11) is 0. The second-order valence-electron chi connectivity index (χ2n) is 6.06. The number of rotatable bonds is 3. The molecule has 102 valence electrons. The molecule has 1 aromatic carbocycles. The third kappa shape index (κ3) is 2.15. The molecule has 0 bridgehead atoms. The van der Waals surface area contributed by atoms with Crippen LogP contribution in [0.1, 0.15) is 30.4 Å². The minimum absolute atomic E-state index is 0.701. The van der Waals surface area contributed by atoms with Crippen LogP contribution in [-0.2, 0) is 13.0 Å². The lowest BCUT2D eigenvalue weighted by Gasteiger charge is -2.21. The molecule has 1 aromatic rings. The zero-order valence-electron chi connectivity index (χ0n) is 11.4. The van der Waals surface area contributed by atoms with Crippen LogP contribution < -0.4 is 10.1 Å². The quantitative estimate of drug-likeness (QED) is 0.897. The van der Waals surface area contributed by atoms with Crippen LogP contribution in [0.15, 0.2) is 18.2 Å². The zero-order valence-corrected chi connectivity index (χ0v) is 11.4. The van der Waals surface area contributed by atoms with Crippen LogP contribution in [0.3, 0.4) is 0 Å². The van der Waals surface area contributed by atoms with E-state index in [0.29, 0.717) is 6.04 Å². The average Bonchev–Trinajstić information content (AvgIpc) is 3.12. The van der Waals surface area contributed by atoms with Gasteiger partial charge in [-0.05, 0) is 43.0 Å². The monoisotopic (exact) mass is 258 g/mol. The lowest BCUT2D eigenvalue weighted by atomic mass is 10.1. The Hall–Kier alpha value is -1.06. The third-order valence-corrected chi connectivity index (χ3v) is 4.93. The van der Waals surface area contributed by atoms with E-state index in [2.05, 4.69) is 28.4 Å². The molecular weight excluding hydrogens is 236 g/mol. The van der Waals surface area contributed by atoms with E-state index in [0.717, 1.165) is 31.4 Å². The van der Waals surface area contributed by atoms with Crippen molar-refractivity contribution < 1.29 is 4.74 Å². The predicted molar refractivity (Wildman–Crippen MR) is 75.5 cm³/mol. The molecule has 19 heavy (non-hydrogen) atoms. The van der Waals surface area contributed by atoms with Gasteiger partial charge >= 0.3 is 0 Å². The summed E-state index contributed by atoms with van der Waals surface area (Å²) in [6, 6.07) is 8.16. The normalized spacial score (nSPS) is 29.3. The number of nitrogens with zero attached hydrogens (tertiary/aromatic N) is 1. The molecule has 0 saturated carbocycles. The molecule has 2 atom stereocenters. The van der Waals surface area contributed by atoms with E-state index in [9.17, 15) is 0 Å². The van der Waals surface area contributed by atoms with Crippen LogP contribution in [0.4, 0.5) is 0 Å². The van der Waals surface area contributed by atoms with Crippen molar-refractivity contribution in [2.45, 2.75) is 44.3 Å². The number of nitrogens with one attached hydrogen (secondary N) is 1. The van der Waals surface area contributed by atoms with Crippen LogP contribution in [-0.4, -0.2) is 36.7 Å². The van der Waals surface area contributed by atoms with E-state index in [4.69, 9.17) is 4.74 Å². The van der Waals surface area contributed by atoms with E-state index >= 15 is 0 Å². The fourth-order valence-corrected chi connectivity index (χ4v) is 3.92. The van der Waals surface area contributed by atoms with Gasteiger partial charge in [0.25, 0.3) is 0 Å². The molecule has 1 N–H and O–H groups in total. The van der Waals surface area contributed by atoms with E-state index in [1.54, 1.807) is 0 Å². The molecule has 3 nitrogen and oxygen atoms in total. The van der Waals surface area contributed by atoms with Crippen molar-refractivity contribution in [1.82, 2.24) is 10.2 Å². The van der Waals surface area contributed by atoms with Crippen molar-refractivity contribution in [1.29, 1.82) is 0 Å². The SMILES string of the molecule is c1cc2c(cc1CNC1CCN3CCCC13)CCO2. The van der Waals surface area contributed by atoms with Gasteiger partial charge in [0.15, 0.2) is 0 Å².